The Morgan fingerprint density at radius 1 is 1.30 bits per heavy atom. The Hall–Kier alpha value is -0.0800. The molecule has 4 fully saturated rings. The van der Waals surface area contributed by atoms with Crippen LogP contribution in [-0.2, 0) is 4.74 Å². The van der Waals surface area contributed by atoms with Crippen LogP contribution in [0.2, 0.25) is 0 Å². The van der Waals surface area contributed by atoms with Gasteiger partial charge in [-0.15, -0.1) is 0 Å². The average molecular weight is 139 g/mol. The van der Waals surface area contributed by atoms with Crippen molar-refractivity contribution in [2.24, 2.45) is 0 Å². The Bertz CT molecular complexity index is 165. The third-order valence-corrected chi connectivity index (χ3v) is 3.44. The van der Waals surface area contributed by atoms with Gasteiger partial charge in [0.25, 0.3) is 0 Å². The van der Waals surface area contributed by atoms with Gasteiger partial charge in [0.05, 0.1) is 12.2 Å². The molecule has 2 heteroatoms. The molecule has 4 unspecified atom stereocenters. The zero-order valence-corrected chi connectivity index (χ0v) is 6.29. The van der Waals surface area contributed by atoms with E-state index in [9.17, 15) is 0 Å². The number of hydrogen-bond acceptors (Lipinski definition) is 2. The summed E-state index contributed by atoms with van der Waals surface area (Å²) in [6, 6.07) is 1.64. The number of hydrogen-bond donors (Lipinski definition) is 0. The highest BCUT2D eigenvalue weighted by atomic mass is 16.5. The van der Waals surface area contributed by atoms with Crippen molar-refractivity contribution in [3.63, 3.8) is 0 Å². The number of ether oxygens (including phenoxy) is 1. The summed E-state index contributed by atoms with van der Waals surface area (Å²) in [5.41, 5.74) is 0. The molecule has 0 aromatic heterocycles. The molecule has 4 heterocycles. The van der Waals surface area contributed by atoms with Crippen molar-refractivity contribution in [3.8, 4) is 0 Å². The van der Waals surface area contributed by atoms with E-state index in [-0.39, 0.29) is 0 Å². The quantitative estimate of drug-likeness (QED) is 0.488. The van der Waals surface area contributed by atoms with Gasteiger partial charge in [0, 0.05) is 12.1 Å². The molecule has 0 saturated carbocycles. The smallest absolute Gasteiger partial charge is 0.0749 e. The van der Waals surface area contributed by atoms with E-state index >= 15 is 0 Å². The Morgan fingerprint density at radius 3 is 2.90 bits per heavy atom. The van der Waals surface area contributed by atoms with Crippen LogP contribution in [0.5, 0.6) is 0 Å². The Labute approximate surface area is 61.1 Å². The van der Waals surface area contributed by atoms with Crippen molar-refractivity contribution in [1.29, 1.82) is 0 Å². The molecule has 0 aliphatic carbocycles. The average Bonchev–Trinajstić information content (AvgIpc) is 2.31. The second-order valence-corrected chi connectivity index (χ2v) is 3.89. The van der Waals surface area contributed by atoms with Crippen LogP contribution in [0.25, 0.3) is 0 Å². The van der Waals surface area contributed by atoms with Crippen molar-refractivity contribution in [3.05, 3.63) is 0 Å². The SMILES string of the molecule is CN1C2CC3CC1C(C2)O3. The predicted molar refractivity (Wildman–Crippen MR) is 37.9 cm³/mol. The molecule has 4 aliphatic rings. The highest BCUT2D eigenvalue weighted by Gasteiger charge is 2.52. The first-order valence-electron chi connectivity index (χ1n) is 4.22. The topological polar surface area (TPSA) is 12.5 Å². The molecule has 4 atom stereocenters. The van der Waals surface area contributed by atoms with E-state index in [2.05, 4.69) is 11.9 Å². The summed E-state index contributed by atoms with van der Waals surface area (Å²) in [7, 11) is 2.25. The van der Waals surface area contributed by atoms with E-state index in [1.54, 1.807) is 0 Å². The summed E-state index contributed by atoms with van der Waals surface area (Å²) in [5, 5.41) is 0. The Kier molecular flexibility index (Phi) is 0.868. The van der Waals surface area contributed by atoms with Crippen LogP contribution < -0.4 is 0 Å². The molecule has 4 bridgehead atoms. The van der Waals surface area contributed by atoms with Gasteiger partial charge in [-0.3, -0.25) is 4.90 Å². The predicted octanol–water partition coefficient (Wildman–Crippen LogP) is 0.620. The summed E-state index contributed by atoms with van der Waals surface area (Å²) in [6.45, 7) is 0. The first kappa shape index (κ1) is 5.56. The van der Waals surface area contributed by atoms with E-state index in [4.69, 9.17) is 4.74 Å². The third kappa shape index (κ3) is 0.487. The van der Waals surface area contributed by atoms with E-state index in [0.717, 1.165) is 12.1 Å². The van der Waals surface area contributed by atoms with Crippen LogP contribution in [0, 0.1) is 0 Å². The van der Waals surface area contributed by atoms with Gasteiger partial charge < -0.3 is 4.74 Å². The molecule has 0 aromatic carbocycles. The number of nitrogens with zero attached hydrogens (tertiary/aromatic N) is 1. The minimum absolute atomic E-state index is 0.605. The molecule has 56 valence electrons. The van der Waals surface area contributed by atoms with Gasteiger partial charge in [-0.05, 0) is 26.3 Å². The molecule has 10 heavy (non-hydrogen) atoms. The van der Waals surface area contributed by atoms with Crippen molar-refractivity contribution in [2.75, 3.05) is 7.05 Å². The fourth-order valence-corrected chi connectivity index (χ4v) is 2.88. The van der Waals surface area contributed by atoms with Crippen molar-refractivity contribution in [1.82, 2.24) is 4.90 Å². The lowest BCUT2D eigenvalue weighted by Gasteiger charge is -2.31. The zero-order chi connectivity index (χ0) is 6.72. The van der Waals surface area contributed by atoms with Crippen molar-refractivity contribution >= 4 is 0 Å². The molecule has 0 amide bonds. The lowest BCUT2D eigenvalue weighted by molar-refractivity contribution is 0.00519. The van der Waals surface area contributed by atoms with Gasteiger partial charge in [0.2, 0.25) is 0 Å². The first-order valence-corrected chi connectivity index (χ1v) is 4.22. The van der Waals surface area contributed by atoms with Gasteiger partial charge in [0.15, 0.2) is 0 Å². The fourth-order valence-electron chi connectivity index (χ4n) is 2.88. The van der Waals surface area contributed by atoms with Gasteiger partial charge >= 0.3 is 0 Å². The maximum Gasteiger partial charge on any atom is 0.0749 e. The number of rotatable bonds is 0. The number of piperidine rings is 1. The molecule has 0 N–H and O–H groups in total. The molecule has 4 aliphatic heterocycles. The number of likely N-dealkylation sites (N-methyl/N-ethyl adjacent to an activating group) is 1. The highest BCUT2D eigenvalue weighted by Crippen LogP contribution is 2.44. The van der Waals surface area contributed by atoms with Gasteiger partial charge in [-0.25, -0.2) is 0 Å². The second-order valence-electron chi connectivity index (χ2n) is 3.89. The normalized spacial score (nSPS) is 58.5. The van der Waals surface area contributed by atoms with Crippen LogP contribution in [0.1, 0.15) is 19.3 Å². The molecule has 4 saturated heterocycles. The molecule has 2 nitrogen and oxygen atoms in total. The van der Waals surface area contributed by atoms with Crippen LogP contribution in [0.15, 0.2) is 0 Å². The third-order valence-electron chi connectivity index (χ3n) is 3.44. The maximum absolute atomic E-state index is 5.78. The van der Waals surface area contributed by atoms with Crippen LogP contribution in [0.3, 0.4) is 0 Å². The summed E-state index contributed by atoms with van der Waals surface area (Å²) in [6.07, 6.45) is 5.14. The van der Waals surface area contributed by atoms with Crippen LogP contribution in [0.4, 0.5) is 0 Å². The molecule has 0 spiro atoms. The summed E-state index contributed by atoms with van der Waals surface area (Å²) in [5.74, 6) is 0. The van der Waals surface area contributed by atoms with Crippen molar-refractivity contribution in [2.45, 2.75) is 43.6 Å². The van der Waals surface area contributed by atoms with Crippen LogP contribution in [-0.4, -0.2) is 36.2 Å². The molecule has 4 rings (SSSR count). The van der Waals surface area contributed by atoms with E-state index in [1.807, 2.05) is 0 Å². The minimum atomic E-state index is 0.605. The second kappa shape index (κ2) is 1.56. The van der Waals surface area contributed by atoms with E-state index in [1.165, 1.54) is 19.3 Å². The summed E-state index contributed by atoms with van der Waals surface area (Å²) in [4.78, 5) is 2.52. The van der Waals surface area contributed by atoms with E-state index in [0.29, 0.717) is 12.2 Å². The summed E-state index contributed by atoms with van der Waals surface area (Å²) < 4.78 is 5.78. The monoisotopic (exact) mass is 139 g/mol. The summed E-state index contributed by atoms with van der Waals surface area (Å²) >= 11 is 0. The largest absolute Gasteiger partial charge is 0.373 e. The van der Waals surface area contributed by atoms with E-state index < -0.39 is 0 Å². The molecule has 0 aromatic rings. The lowest BCUT2D eigenvalue weighted by atomic mass is 10.0. The van der Waals surface area contributed by atoms with Gasteiger partial charge in [-0.1, -0.05) is 0 Å². The lowest BCUT2D eigenvalue weighted by Crippen LogP contribution is -2.39. The molecule has 0 radical (unpaired) electrons. The standard InChI is InChI=1S/C8H13NO/c1-9-5-2-6-4-7(9)8(3-5)10-6/h5-8H,2-4H2,1H3. The Morgan fingerprint density at radius 2 is 2.20 bits per heavy atom. The van der Waals surface area contributed by atoms with Crippen LogP contribution >= 0.6 is 0 Å². The van der Waals surface area contributed by atoms with Crippen molar-refractivity contribution < 1.29 is 4.74 Å². The Balaban J connectivity index is 1.99. The van der Waals surface area contributed by atoms with Gasteiger partial charge in [0.1, 0.15) is 0 Å². The first-order chi connectivity index (χ1) is 4.84. The maximum atomic E-state index is 5.78. The highest BCUT2D eigenvalue weighted by molar-refractivity contribution is 5.05. The minimum Gasteiger partial charge on any atom is -0.373 e. The van der Waals surface area contributed by atoms with Gasteiger partial charge in [-0.2, -0.15) is 0 Å². The zero-order valence-electron chi connectivity index (χ0n) is 6.29. The molecular weight excluding hydrogens is 126 g/mol. The fraction of sp³-hybridized carbons (Fsp3) is 1.00. The molecular formula is C8H13NO.